The summed E-state index contributed by atoms with van der Waals surface area (Å²) in [5.41, 5.74) is 1.20. The second-order valence-electron chi connectivity index (χ2n) is 3.05. The van der Waals surface area contributed by atoms with Gasteiger partial charge in [0.25, 0.3) is 0 Å². The molecule has 0 fully saturated rings. The highest BCUT2D eigenvalue weighted by Gasteiger charge is 1.91. The molecule has 1 rings (SSSR count). The number of halogens is 1. The first kappa shape index (κ1) is 11.9. The Balaban J connectivity index is 2.15. The van der Waals surface area contributed by atoms with Gasteiger partial charge in [0.05, 0.1) is 0 Å². The van der Waals surface area contributed by atoms with Gasteiger partial charge >= 0.3 is 0 Å². The minimum atomic E-state index is 1.05. The molecule has 3 heteroatoms. The van der Waals surface area contributed by atoms with Gasteiger partial charge in [-0.05, 0) is 36.4 Å². The summed E-state index contributed by atoms with van der Waals surface area (Å²) in [5, 5.41) is 3.39. The van der Waals surface area contributed by atoms with Gasteiger partial charge in [-0.2, -0.15) is 11.8 Å². The van der Waals surface area contributed by atoms with Crippen molar-refractivity contribution in [2.45, 2.75) is 13.3 Å². The van der Waals surface area contributed by atoms with Gasteiger partial charge in [-0.3, -0.25) is 0 Å². The molecule has 1 aromatic carbocycles. The van der Waals surface area contributed by atoms with E-state index in [0.29, 0.717) is 0 Å². The van der Waals surface area contributed by atoms with Gasteiger partial charge in [0.1, 0.15) is 0 Å². The van der Waals surface area contributed by atoms with Crippen molar-refractivity contribution in [2.75, 3.05) is 23.4 Å². The van der Waals surface area contributed by atoms with E-state index in [4.69, 9.17) is 0 Å². The molecule has 14 heavy (non-hydrogen) atoms. The maximum absolute atomic E-state index is 3.42. The zero-order valence-electron chi connectivity index (χ0n) is 8.42. The summed E-state index contributed by atoms with van der Waals surface area (Å²) in [4.78, 5) is 0. The molecule has 1 nitrogen and oxygen atoms in total. The van der Waals surface area contributed by atoms with Crippen molar-refractivity contribution in [3.8, 4) is 0 Å². The van der Waals surface area contributed by atoms with E-state index >= 15 is 0 Å². The Bertz CT molecular complexity index is 248. The predicted octanol–water partition coefficient (Wildman–Crippen LogP) is 4.00. The van der Waals surface area contributed by atoms with Crippen molar-refractivity contribution in [1.82, 2.24) is 0 Å². The third kappa shape index (κ3) is 4.91. The van der Waals surface area contributed by atoms with Gasteiger partial charge in [0.2, 0.25) is 0 Å². The highest BCUT2D eigenvalue weighted by atomic mass is 79.9. The Morgan fingerprint density at radius 2 is 1.93 bits per heavy atom. The van der Waals surface area contributed by atoms with Crippen molar-refractivity contribution >= 4 is 33.4 Å². The molecule has 0 radical (unpaired) electrons. The smallest absolute Gasteiger partial charge is 0.0341 e. The van der Waals surface area contributed by atoms with Crippen LogP contribution in [0.5, 0.6) is 0 Å². The van der Waals surface area contributed by atoms with Crippen molar-refractivity contribution in [3.63, 3.8) is 0 Å². The van der Waals surface area contributed by atoms with Crippen LogP contribution < -0.4 is 5.32 Å². The molecule has 0 aliphatic rings. The van der Waals surface area contributed by atoms with Crippen LogP contribution in [-0.4, -0.2) is 18.1 Å². The molecule has 0 heterocycles. The number of anilines is 1. The number of hydrogen-bond acceptors (Lipinski definition) is 2. The minimum Gasteiger partial charge on any atom is -0.384 e. The molecule has 0 spiro atoms. The van der Waals surface area contributed by atoms with Crippen molar-refractivity contribution in [2.24, 2.45) is 0 Å². The summed E-state index contributed by atoms with van der Waals surface area (Å²) in [6, 6.07) is 8.30. The molecule has 0 saturated heterocycles. The van der Waals surface area contributed by atoms with Crippen molar-refractivity contribution < 1.29 is 0 Å². The largest absolute Gasteiger partial charge is 0.384 e. The summed E-state index contributed by atoms with van der Waals surface area (Å²) in [6.45, 7) is 3.27. The Kier molecular flexibility index (Phi) is 6.12. The highest BCUT2D eigenvalue weighted by molar-refractivity contribution is 9.10. The van der Waals surface area contributed by atoms with Gasteiger partial charge in [-0.25, -0.2) is 0 Å². The third-order valence-corrected chi connectivity index (χ3v) is 3.49. The van der Waals surface area contributed by atoms with Gasteiger partial charge in [0, 0.05) is 22.5 Å². The van der Waals surface area contributed by atoms with Crippen molar-refractivity contribution in [1.29, 1.82) is 0 Å². The maximum Gasteiger partial charge on any atom is 0.0341 e. The Morgan fingerprint density at radius 3 is 2.57 bits per heavy atom. The number of benzene rings is 1. The normalized spacial score (nSPS) is 10.1. The number of nitrogens with one attached hydrogen (secondary N) is 1. The molecule has 0 atom stereocenters. The van der Waals surface area contributed by atoms with E-state index in [0.717, 1.165) is 11.0 Å². The lowest BCUT2D eigenvalue weighted by atomic mass is 10.3. The fraction of sp³-hybridized carbons (Fsp3) is 0.455. The number of thioether (sulfide) groups is 1. The lowest BCUT2D eigenvalue weighted by Crippen LogP contribution is -2.03. The molecule has 0 saturated carbocycles. The van der Waals surface area contributed by atoms with E-state index in [2.05, 4.69) is 52.4 Å². The third-order valence-electron chi connectivity index (χ3n) is 1.77. The van der Waals surface area contributed by atoms with E-state index in [9.17, 15) is 0 Å². The molecule has 0 aromatic heterocycles. The fourth-order valence-corrected chi connectivity index (χ4v) is 2.09. The van der Waals surface area contributed by atoms with Gasteiger partial charge < -0.3 is 5.32 Å². The second kappa shape index (κ2) is 7.18. The molecule has 78 valence electrons. The van der Waals surface area contributed by atoms with Crippen LogP contribution in [0.4, 0.5) is 5.69 Å². The second-order valence-corrected chi connectivity index (χ2v) is 5.19. The first-order chi connectivity index (χ1) is 6.83. The van der Waals surface area contributed by atoms with Gasteiger partial charge in [-0.1, -0.05) is 22.9 Å². The van der Waals surface area contributed by atoms with Crippen LogP contribution in [-0.2, 0) is 0 Å². The molecule has 0 unspecified atom stereocenters. The quantitative estimate of drug-likeness (QED) is 0.787. The SMILES string of the molecule is CCCSCCNc1ccc(Br)cc1. The standard InChI is InChI=1S/C11H16BrNS/c1-2-8-14-9-7-13-11-5-3-10(12)4-6-11/h3-6,13H,2,7-9H2,1H3. The summed E-state index contributed by atoms with van der Waals surface area (Å²) in [5.74, 6) is 2.45. The van der Waals surface area contributed by atoms with E-state index in [1.807, 2.05) is 11.8 Å². The highest BCUT2D eigenvalue weighted by Crippen LogP contribution is 2.14. The first-order valence-corrected chi connectivity index (χ1v) is 6.85. The first-order valence-electron chi connectivity index (χ1n) is 4.90. The summed E-state index contributed by atoms with van der Waals surface area (Å²) in [7, 11) is 0. The van der Waals surface area contributed by atoms with Crippen LogP contribution in [0.1, 0.15) is 13.3 Å². The van der Waals surface area contributed by atoms with E-state index in [1.54, 1.807) is 0 Å². The molecular weight excluding hydrogens is 258 g/mol. The number of hydrogen-bond donors (Lipinski definition) is 1. The summed E-state index contributed by atoms with van der Waals surface area (Å²) in [6.07, 6.45) is 1.27. The predicted molar refractivity (Wildman–Crippen MR) is 70.2 cm³/mol. The fourth-order valence-electron chi connectivity index (χ4n) is 1.08. The maximum atomic E-state index is 3.42. The van der Waals surface area contributed by atoms with Crippen LogP contribution in [0.3, 0.4) is 0 Å². The van der Waals surface area contributed by atoms with Crippen LogP contribution in [0.15, 0.2) is 28.7 Å². The topological polar surface area (TPSA) is 12.0 Å². The average Bonchev–Trinajstić information content (AvgIpc) is 2.21. The zero-order chi connectivity index (χ0) is 10.2. The molecular formula is C11H16BrNS. The average molecular weight is 274 g/mol. The van der Waals surface area contributed by atoms with Crippen LogP contribution in [0.2, 0.25) is 0 Å². The summed E-state index contributed by atoms with van der Waals surface area (Å²) < 4.78 is 1.13. The van der Waals surface area contributed by atoms with Crippen LogP contribution in [0, 0.1) is 0 Å². The van der Waals surface area contributed by atoms with E-state index in [1.165, 1.54) is 23.6 Å². The molecule has 1 N–H and O–H groups in total. The Morgan fingerprint density at radius 1 is 1.21 bits per heavy atom. The van der Waals surface area contributed by atoms with E-state index in [-0.39, 0.29) is 0 Å². The number of rotatable bonds is 6. The molecule has 1 aromatic rings. The Hall–Kier alpha value is -0.150. The lowest BCUT2D eigenvalue weighted by Gasteiger charge is -2.05. The van der Waals surface area contributed by atoms with Gasteiger partial charge in [0.15, 0.2) is 0 Å². The zero-order valence-corrected chi connectivity index (χ0v) is 10.8. The molecule has 0 bridgehead atoms. The monoisotopic (exact) mass is 273 g/mol. The molecule has 0 amide bonds. The van der Waals surface area contributed by atoms with Crippen molar-refractivity contribution in [3.05, 3.63) is 28.7 Å². The lowest BCUT2D eigenvalue weighted by molar-refractivity contribution is 1.10. The Labute approximate surface area is 98.8 Å². The van der Waals surface area contributed by atoms with Gasteiger partial charge in [-0.15, -0.1) is 0 Å². The van der Waals surface area contributed by atoms with Crippen LogP contribution >= 0.6 is 27.7 Å². The molecule has 0 aliphatic heterocycles. The minimum absolute atomic E-state index is 1.05. The molecule has 0 aliphatic carbocycles. The van der Waals surface area contributed by atoms with E-state index < -0.39 is 0 Å². The van der Waals surface area contributed by atoms with Crippen LogP contribution in [0.25, 0.3) is 0 Å². The summed E-state index contributed by atoms with van der Waals surface area (Å²) >= 11 is 5.42.